The van der Waals surface area contributed by atoms with Crippen molar-refractivity contribution in [2.24, 2.45) is 5.73 Å². The fraction of sp³-hybridized carbons (Fsp3) is 0.133. The number of carboxylic acid groups (broad SMARTS) is 1. The summed E-state index contributed by atoms with van der Waals surface area (Å²) >= 11 is 0. The lowest BCUT2D eigenvalue weighted by atomic mass is 10.0. The lowest BCUT2D eigenvalue weighted by Gasteiger charge is -2.09. The number of carboxylic acids is 1. The first-order valence-corrected chi connectivity index (χ1v) is 6.58. The molecule has 5 N–H and O–H groups in total. The Balaban J connectivity index is 0.000000381. The van der Waals surface area contributed by atoms with E-state index in [0.29, 0.717) is 11.3 Å². The van der Waals surface area contributed by atoms with Gasteiger partial charge in [0, 0.05) is 10.9 Å². The Morgan fingerprint density at radius 2 is 1.84 bits per heavy atom. The van der Waals surface area contributed by atoms with E-state index in [2.05, 4.69) is 10.1 Å². The predicted octanol–water partition coefficient (Wildman–Crippen LogP) is 2.94. The van der Waals surface area contributed by atoms with Crippen molar-refractivity contribution in [3.63, 3.8) is 0 Å². The van der Waals surface area contributed by atoms with E-state index in [1.165, 1.54) is 7.11 Å². The molecule has 25 heavy (non-hydrogen) atoms. The second-order valence-corrected chi connectivity index (χ2v) is 4.57. The molecule has 0 saturated carbocycles. The minimum atomic E-state index is -5.08. The third kappa shape index (κ3) is 5.68. The number of ether oxygens (including phenoxy) is 1. The Kier molecular flexibility index (Phi) is 6.31. The van der Waals surface area contributed by atoms with Gasteiger partial charge in [0.25, 0.3) is 0 Å². The molecule has 10 heteroatoms. The minimum Gasteiger partial charge on any atom is -0.475 e. The number of amides is 1. The van der Waals surface area contributed by atoms with Crippen LogP contribution in [-0.2, 0) is 9.53 Å². The van der Waals surface area contributed by atoms with Gasteiger partial charge in [-0.15, -0.1) is 0 Å². The quantitative estimate of drug-likeness (QED) is 0.486. The minimum absolute atomic E-state index is 0.00947. The summed E-state index contributed by atoms with van der Waals surface area (Å²) in [6.45, 7) is 0. The molecular weight excluding hydrogens is 343 g/mol. The highest BCUT2D eigenvalue weighted by Crippen LogP contribution is 2.24. The Morgan fingerprint density at radius 1 is 1.24 bits per heavy atom. The van der Waals surface area contributed by atoms with Gasteiger partial charge in [0.15, 0.2) is 0 Å². The van der Waals surface area contributed by atoms with E-state index in [4.69, 9.17) is 21.0 Å². The highest BCUT2D eigenvalue weighted by Gasteiger charge is 2.38. The SMILES string of the molecule is COC(=O)Nc1cccc2ccc(C(=N)N)cc12.O=C(O)C(F)(F)F. The van der Waals surface area contributed by atoms with E-state index in [-0.39, 0.29) is 5.84 Å². The molecule has 0 aliphatic carbocycles. The first kappa shape index (κ1) is 19.7. The lowest BCUT2D eigenvalue weighted by molar-refractivity contribution is -0.192. The number of nitrogens with one attached hydrogen (secondary N) is 2. The van der Waals surface area contributed by atoms with Crippen molar-refractivity contribution in [3.05, 3.63) is 42.0 Å². The van der Waals surface area contributed by atoms with Crippen LogP contribution < -0.4 is 11.1 Å². The number of halogens is 3. The molecule has 0 spiro atoms. The van der Waals surface area contributed by atoms with Crippen LogP contribution in [0, 0.1) is 5.41 Å². The van der Waals surface area contributed by atoms with E-state index >= 15 is 0 Å². The summed E-state index contributed by atoms with van der Waals surface area (Å²) in [5.41, 5.74) is 6.69. The second kappa shape index (κ2) is 7.99. The molecule has 1 amide bonds. The Morgan fingerprint density at radius 3 is 2.32 bits per heavy atom. The fourth-order valence-electron chi connectivity index (χ4n) is 1.71. The van der Waals surface area contributed by atoms with Crippen LogP contribution in [0.5, 0.6) is 0 Å². The number of carbonyl (C=O) groups excluding carboxylic acids is 1. The van der Waals surface area contributed by atoms with Crippen LogP contribution in [0.2, 0.25) is 0 Å². The number of hydrogen-bond acceptors (Lipinski definition) is 4. The zero-order valence-electron chi connectivity index (χ0n) is 12.8. The summed E-state index contributed by atoms with van der Waals surface area (Å²) in [6.07, 6.45) is -5.62. The fourth-order valence-corrected chi connectivity index (χ4v) is 1.71. The van der Waals surface area contributed by atoms with E-state index in [0.717, 1.165) is 10.8 Å². The molecular formula is C15H14F3N3O4. The van der Waals surface area contributed by atoms with Crippen molar-refractivity contribution < 1.29 is 32.6 Å². The molecule has 0 radical (unpaired) electrons. The van der Waals surface area contributed by atoms with Crippen molar-refractivity contribution in [3.8, 4) is 0 Å². The van der Waals surface area contributed by atoms with Gasteiger partial charge in [0.1, 0.15) is 5.84 Å². The maximum absolute atomic E-state index is 11.2. The van der Waals surface area contributed by atoms with Crippen molar-refractivity contribution in [1.82, 2.24) is 0 Å². The van der Waals surface area contributed by atoms with Crippen LogP contribution in [0.15, 0.2) is 36.4 Å². The number of carbonyl (C=O) groups is 2. The van der Waals surface area contributed by atoms with Crippen molar-refractivity contribution in [1.29, 1.82) is 5.41 Å². The monoisotopic (exact) mass is 357 g/mol. The van der Waals surface area contributed by atoms with Crippen LogP contribution in [0.4, 0.5) is 23.7 Å². The van der Waals surface area contributed by atoms with Crippen LogP contribution in [0.1, 0.15) is 5.56 Å². The number of alkyl halides is 3. The van der Waals surface area contributed by atoms with Crippen LogP contribution >= 0.6 is 0 Å². The highest BCUT2D eigenvalue weighted by molar-refractivity contribution is 6.04. The van der Waals surface area contributed by atoms with E-state index in [1.54, 1.807) is 18.2 Å². The summed E-state index contributed by atoms with van der Waals surface area (Å²) in [5, 5.41) is 18.9. The molecule has 0 aliphatic rings. The van der Waals surface area contributed by atoms with Gasteiger partial charge in [-0.25, -0.2) is 9.59 Å². The summed E-state index contributed by atoms with van der Waals surface area (Å²) in [5.74, 6) is -2.77. The molecule has 2 rings (SSSR count). The number of nitrogen functional groups attached to an aromatic ring is 1. The molecule has 134 valence electrons. The van der Waals surface area contributed by atoms with Gasteiger partial charge in [-0.3, -0.25) is 10.7 Å². The number of amidine groups is 1. The maximum atomic E-state index is 11.2. The molecule has 0 aromatic heterocycles. The van der Waals surface area contributed by atoms with Crippen molar-refractivity contribution in [2.45, 2.75) is 6.18 Å². The van der Waals surface area contributed by atoms with Gasteiger partial charge in [0.05, 0.1) is 12.8 Å². The first-order valence-electron chi connectivity index (χ1n) is 6.58. The number of fused-ring (bicyclic) bond motifs is 1. The van der Waals surface area contributed by atoms with Gasteiger partial charge in [-0.05, 0) is 17.5 Å². The summed E-state index contributed by atoms with van der Waals surface area (Å²) in [7, 11) is 1.31. The number of aliphatic carboxylic acids is 1. The first-order chi connectivity index (χ1) is 11.6. The van der Waals surface area contributed by atoms with E-state index in [1.807, 2.05) is 18.2 Å². The number of anilines is 1. The average molecular weight is 357 g/mol. The largest absolute Gasteiger partial charge is 0.490 e. The smallest absolute Gasteiger partial charge is 0.475 e. The molecule has 0 saturated heterocycles. The van der Waals surface area contributed by atoms with E-state index in [9.17, 15) is 18.0 Å². The summed E-state index contributed by atoms with van der Waals surface area (Å²) < 4.78 is 36.3. The summed E-state index contributed by atoms with van der Waals surface area (Å²) in [6, 6.07) is 10.9. The van der Waals surface area contributed by atoms with Crippen LogP contribution in [0.3, 0.4) is 0 Å². The molecule has 0 aliphatic heterocycles. The average Bonchev–Trinajstić information content (AvgIpc) is 2.54. The Bertz CT molecular complexity index is 806. The number of benzene rings is 2. The molecule has 2 aromatic rings. The number of hydrogen-bond donors (Lipinski definition) is 4. The topological polar surface area (TPSA) is 126 Å². The number of nitrogens with two attached hydrogens (primary N) is 1. The van der Waals surface area contributed by atoms with Crippen LogP contribution in [-0.4, -0.2) is 36.3 Å². The highest BCUT2D eigenvalue weighted by atomic mass is 19.4. The van der Waals surface area contributed by atoms with Crippen molar-refractivity contribution in [2.75, 3.05) is 12.4 Å². The van der Waals surface area contributed by atoms with Crippen LogP contribution in [0.25, 0.3) is 10.8 Å². The molecule has 0 bridgehead atoms. The van der Waals surface area contributed by atoms with E-state index < -0.39 is 18.2 Å². The predicted molar refractivity (Wildman–Crippen MR) is 84.7 cm³/mol. The zero-order chi connectivity index (χ0) is 19.2. The van der Waals surface area contributed by atoms with Gasteiger partial charge < -0.3 is 15.6 Å². The van der Waals surface area contributed by atoms with Gasteiger partial charge in [0.2, 0.25) is 0 Å². The Hall–Kier alpha value is -3.30. The molecule has 0 fully saturated rings. The lowest BCUT2D eigenvalue weighted by Crippen LogP contribution is -2.21. The van der Waals surface area contributed by atoms with Gasteiger partial charge >= 0.3 is 18.2 Å². The molecule has 0 unspecified atom stereocenters. The second-order valence-electron chi connectivity index (χ2n) is 4.57. The molecule has 7 nitrogen and oxygen atoms in total. The summed E-state index contributed by atoms with van der Waals surface area (Å²) in [4.78, 5) is 20.1. The number of rotatable bonds is 2. The standard InChI is InChI=1S/C13H13N3O2.C2HF3O2/c1-18-13(17)16-11-4-2-3-8-5-6-9(12(14)15)7-10(8)11;3-2(4,5)1(6)7/h2-7H,1H3,(H3,14,15)(H,16,17);(H,6,7). The normalized spacial score (nSPS) is 10.4. The third-order valence-corrected chi connectivity index (χ3v) is 2.86. The van der Waals surface area contributed by atoms with Gasteiger partial charge in [-0.1, -0.05) is 24.3 Å². The molecule has 2 aromatic carbocycles. The van der Waals surface area contributed by atoms with Crippen molar-refractivity contribution >= 4 is 34.4 Å². The third-order valence-electron chi connectivity index (χ3n) is 2.86. The molecule has 0 atom stereocenters. The maximum Gasteiger partial charge on any atom is 0.490 e. The molecule has 0 heterocycles. The van der Waals surface area contributed by atoms with Gasteiger partial charge in [-0.2, -0.15) is 13.2 Å². The number of methoxy groups -OCH3 is 1. The Labute approximate surface area is 139 Å². The zero-order valence-corrected chi connectivity index (χ0v) is 12.8.